The summed E-state index contributed by atoms with van der Waals surface area (Å²) in [6.07, 6.45) is 1.83. The predicted molar refractivity (Wildman–Crippen MR) is 72.3 cm³/mol. The maximum Gasteiger partial charge on any atom is 0.228 e. The molecular weight excluding hydrogens is 228 g/mol. The number of rotatable bonds is 4. The van der Waals surface area contributed by atoms with Crippen molar-refractivity contribution in [1.29, 1.82) is 0 Å². The molecule has 2 rings (SSSR count). The van der Waals surface area contributed by atoms with Gasteiger partial charge in [0, 0.05) is 30.1 Å². The number of aryl methyl sites for hydroxylation is 1. The molecule has 0 aliphatic carbocycles. The van der Waals surface area contributed by atoms with Gasteiger partial charge in [0.2, 0.25) is 5.91 Å². The molecule has 0 spiro atoms. The van der Waals surface area contributed by atoms with E-state index in [-0.39, 0.29) is 11.8 Å². The van der Waals surface area contributed by atoms with Gasteiger partial charge in [-0.05, 0) is 25.1 Å². The number of nitrogens with two attached hydrogens (primary N) is 1. The van der Waals surface area contributed by atoms with Crippen LogP contribution in [-0.2, 0) is 11.3 Å². The van der Waals surface area contributed by atoms with E-state index >= 15 is 0 Å². The lowest BCUT2D eigenvalue weighted by molar-refractivity contribution is -0.119. The molecule has 1 amide bonds. The second kappa shape index (κ2) is 5.18. The fraction of sp³-hybridized carbons (Fsp3) is 0.385. The summed E-state index contributed by atoms with van der Waals surface area (Å²) >= 11 is 0. The molecule has 0 radical (unpaired) electrons. The molecule has 0 saturated heterocycles. The van der Waals surface area contributed by atoms with Gasteiger partial charge >= 0.3 is 0 Å². The average Bonchev–Trinajstić information content (AvgIpc) is 2.79. The molecule has 1 heterocycles. The Balaban J connectivity index is 2.26. The van der Waals surface area contributed by atoms with Crippen molar-refractivity contribution in [2.75, 3.05) is 11.9 Å². The van der Waals surface area contributed by atoms with Gasteiger partial charge in [-0.2, -0.15) is 5.10 Å². The van der Waals surface area contributed by atoms with Gasteiger partial charge in [0.25, 0.3) is 0 Å². The highest BCUT2D eigenvalue weighted by Crippen LogP contribution is 2.19. The van der Waals surface area contributed by atoms with Crippen molar-refractivity contribution in [2.45, 2.75) is 20.4 Å². The number of carbonyl (C=O) groups is 1. The highest BCUT2D eigenvalue weighted by molar-refractivity contribution is 5.94. The highest BCUT2D eigenvalue weighted by Gasteiger charge is 2.11. The van der Waals surface area contributed by atoms with Crippen molar-refractivity contribution in [3.8, 4) is 0 Å². The lowest BCUT2D eigenvalue weighted by Crippen LogP contribution is -2.26. The van der Waals surface area contributed by atoms with E-state index in [0.29, 0.717) is 6.54 Å². The molecule has 0 saturated carbocycles. The Morgan fingerprint density at radius 3 is 3.00 bits per heavy atom. The van der Waals surface area contributed by atoms with E-state index in [0.717, 1.165) is 23.1 Å². The lowest BCUT2D eigenvalue weighted by Gasteiger charge is -2.10. The zero-order valence-corrected chi connectivity index (χ0v) is 10.7. The van der Waals surface area contributed by atoms with Gasteiger partial charge < -0.3 is 11.1 Å². The Hall–Kier alpha value is -1.88. The van der Waals surface area contributed by atoms with Crippen molar-refractivity contribution >= 4 is 22.5 Å². The van der Waals surface area contributed by atoms with Crippen LogP contribution in [0.3, 0.4) is 0 Å². The van der Waals surface area contributed by atoms with Gasteiger partial charge in [0.15, 0.2) is 0 Å². The minimum Gasteiger partial charge on any atom is -0.330 e. The molecule has 0 aliphatic rings. The van der Waals surface area contributed by atoms with E-state index in [2.05, 4.69) is 10.4 Å². The maximum absolute atomic E-state index is 11.8. The summed E-state index contributed by atoms with van der Waals surface area (Å²) in [5.74, 6) is -0.240. The number of carbonyl (C=O) groups excluding carboxylic acids is 1. The van der Waals surface area contributed by atoms with Crippen LogP contribution in [0.2, 0.25) is 0 Å². The molecule has 0 fully saturated rings. The van der Waals surface area contributed by atoms with Crippen molar-refractivity contribution in [2.24, 2.45) is 11.7 Å². The van der Waals surface area contributed by atoms with Crippen molar-refractivity contribution in [1.82, 2.24) is 9.78 Å². The monoisotopic (exact) mass is 246 g/mol. The summed E-state index contributed by atoms with van der Waals surface area (Å²) in [4.78, 5) is 11.8. The second-order valence-electron chi connectivity index (χ2n) is 4.36. The zero-order valence-electron chi connectivity index (χ0n) is 10.7. The van der Waals surface area contributed by atoms with Gasteiger partial charge in [-0.1, -0.05) is 6.92 Å². The van der Waals surface area contributed by atoms with Crippen LogP contribution in [0.25, 0.3) is 10.9 Å². The maximum atomic E-state index is 11.8. The predicted octanol–water partition coefficient (Wildman–Crippen LogP) is 1.59. The minimum absolute atomic E-state index is 0.0561. The van der Waals surface area contributed by atoms with Crippen LogP contribution in [0.15, 0.2) is 24.4 Å². The second-order valence-corrected chi connectivity index (χ2v) is 4.36. The molecule has 5 nitrogen and oxygen atoms in total. The Morgan fingerprint density at radius 1 is 1.56 bits per heavy atom. The van der Waals surface area contributed by atoms with Gasteiger partial charge in [-0.15, -0.1) is 0 Å². The third-order valence-electron chi connectivity index (χ3n) is 3.01. The topological polar surface area (TPSA) is 72.9 Å². The van der Waals surface area contributed by atoms with Crippen molar-refractivity contribution in [3.63, 3.8) is 0 Å². The molecule has 5 heteroatoms. The number of hydrogen-bond donors (Lipinski definition) is 2. The highest BCUT2D eigenvalue weighted by atomic mass is 16.1. The number of nitrogens with one attached hydrogen (secondary N) is 1. The normalized spacial score (nSPS) is 12.6. The largest absolute Gasteiger partial charge is 0.330 e. The van der Waals surface area contributed by atoms with Crippen molar-refractivity contribution < 1.29 is 4.79 Å². The lowest BCUT2D eigenvalue weighted by atomic mass is 10.1. The van der Waals surface area contributed by atoms with E-state index in [1.54, 1.807) is 0 Å². The van der Waals surface area contributed by atoms with Crippen molar-refractivity contribution in [3.05, 3.63) is 24.4 Å². The zero-order chi connectivity index (χ0) is 13.1. The molecule has 1 aromatic carbocycles. The number of nitrogens with zero attached hydrogens (tertiary/aromatic N) is 2. The van der Waals surface area contributed by atoms with Crippen LogP contribution in [0.1, 0.15) is 13.8 Å². The minimum atomic E-state index is -0.184. The summed E-state index contributed by atoms with van der Waals surface area (Å²) in [5, 5.41) is 8.21. The number of amides is 1. The molecule has 1 aromatic heterocycles. The molecule has 0 aliphatic heterocycles. The molecule has 1 unspecified atom stereocenters. The molecule has 1 atom stereocenters. The number of anilines is 1. The van der Waals surface area contributed by atoms with Gasteiger partial charge in [-0.3, -0.25) is 9.48 Å². The van der Waals surface area contributed by atoms with Gasteiger partial charge in [0.05, 0.1) is 11.7 Å². The van der Waals surface area contributed by atoms with Crippen LogP contribution in [-0.4, -0.2) is 22.2 Å². The number of aromatic nitrogens is 2. The first-order valence-electron chi connectivity index (χ1n) is 6.12. The standard InChI is InChI=1S/C13H18N4O/c1-3-17-12-6-11(5-4-10(12)8-15-17)16-13(18)9(2)7-14/h4-6,8-9H,3,7,14H2,1-2H3,(H,16,18). The smallest absolute Gasteiger partial charge is 0.228 e. The van der Waals surface area contributed by atoms with Crippen LogP contribution in [0, 0.1) is 5.92 Å². The van der Waals surface area contributed by atoms with E-state index < -0.39 is 0 Å². The van der Waals surface area contributed by atoms with Crippen LogP contribution >= 0.6 is 0 Å². The van der Waals surface area contributed by atoms with Gasteiger partial charge in [-0.25, -0.2) is 0 Å². The molecular formula is C13H18N4O. The molecule has 3 N–H and O–H groups in total. The average molecular weight is 246 g/mol. The first-order valence-corrected chi connectivity index (χ1v) is 6.12. The SMILES string of the molecule is CCn1ncc2ccc(NC(=O)C(C)CN)cc21. The summed E-state index contributed by atoms with van der Waals surface area (Å²) in [6, 6.07) is 5.77. The fourth-order valence-electron chi connectivity index (χ4n) is 1.77. The Labute approximate surface area is 106 Å². The quantitative estimate of drug-likeness (QED) is 0.860. The molecule has 0 bridgehead atoms. The van der Waals surface area contributed by atoms with E-state index in [9.17, 15) is 4.79 Å². The third-order valence-corrected chi connectivity index (χ3v) is 3.01. The van der Waals surface area contributed by atoms with Crippen LogP contribution < -0.4 is 11.1 Å². The third kappa shape index (κ3) is 2.36. The van der Waals surface area contributed by atoms with E-state index in [1.807, 2.05) is 42.9 Å². The van der Waals surface area contributed by atoms with Crippen LogP contribution in [0.4, 0.5) is 5.69 Å². The first-order chi connectivity index (χ1) is 8.65. The number of benzene rings is 1. The first kappa shape index (κ1) is 12.6. The Bertz CT molecular complexity index is 561. The van der Waals surface area contributed by atoms with E-state index in [4.69, 9.17) is 5.73 Å². The Morgan fingerprint density at radius 2 is 2.33 bits per heavy atom. The van der Waals surface area contributed by atoms with Crippen LogP contribution in [0.5, 0.6) is 0 Å². The molecule has 96 valence electrons. The Kier molecular flexibility index (Phi) is 3.62. The number of fused-ring (bicyclic) bond motifs is 1. The number of hydrogen-bond acceptors (Lipinski definition) is 3. The summed E-state index contributed by atoms with van der Waals surface area (Å²) in [7, 11) is 0. The summed E-state index contributed by atoms with van der Waals surface area (Å²) in [5.41, 5.74) is 7.28. The summed E-state index contributed by atoms with van der Waals surface area (Å²) < 4.78 is 1.90. The summed E-state index contributed by atoms with van der Waals surface area (Å²) in [6.45, 7) is 5.00. The van der Waals surface area contributed by atoms with Gasteiger partial charge in [0.1, 0.15) is 0 Å². The molecule has 18 heavy (non-hydrogen) atoms. The fourth-order valence-corrected chi connectivity index (χ4v) is 1.77. The molecule has 2 aromatic rings. The van der Waals surface area contributed by atoms with E-state index in [1.165, 1.54) is 0 Å².